The molecule has 2 aromatic carbocycles. The van der Waals surface area contributed by atoms with Gasteiger partial charge in [0, 0.05) is 25.4 Å². The Hall–Kier alpha value is -3.12. The van der Waals surface area contributed by atoms with Crippen molar-refractivity contribution in [2.45, 2.75) is 101 Å². The molecule has 2 aromatic rings. The number of sulfonamides is 1. The fourth-order valence-corrected chi connectivity index (χ4v) is 7.55. The van der Waals surface area contributed by atoms with Gasteiger partial charge in [-0.2, -0.15) is 13.2 Å². The van der Waals surface area contributed by atoms with Crippen molar-refractivity contribution < 1.29 is 36.3 Å². The van der Waals surface area contributed by atoms with Crippen LogP contribution in [-0.4, -0.2) is 49.6 Å². The first-order chi connectivity index (χ1) is 19.2. The molecule has 1 heterocycles. The third-order valence-electron chi connectivity index (χ3n) is 8.06. The van der Waals surface area contributed by atoms with E-state index >= 15 is 0 Å². The Morgan fingerprint density at radius 1 is 1.02 bits per heavy atom. The number of aliphatic hydroxyl groups is 1. The van der Waals surface area contributed by atoms with Gasteiger partial charge in [0.05, 0.1) is 16.6 Å². The number of halogens is 3. The number of alkyl halides is 3. The normalized spacial score (nSPS) is 22.5. The number of hydrogen-bond acceptors (Lipinski definition) is 5. The predicted octanol–water partition coefficient (Wildman–Crippen LogP) is 4.23. The second kappa shape index (κ2) is 11.6. The van der Waals surface area contributed by atoms with Crippen LogP contribution in [0, 0.1) is 6.92 Å². The summed E-state index contributed by atoms with van der Waals surface area (Å²) in [5.74, 6) is -0.486. The molecule has 1 aliphatic carbocycles. The van der Waals surface area contributed by atoms with Crippen molar-refractivity contribution in [2.24, 2.45) is 0 Å². The minimum absolute atomic E-state index is 0.000249. The lowest BCUT2D eigenvalue weighted by molar-refractivity contribution is -0.267. The number of anilines is 1. The van der Waals surface area contributed by atoms with Crippen molar-refractivity contribution in [2.75, 3.05) is 4.31 Å². The Labute approximate surface area is 238 Å². The molecule has 1 fully saturated rings. The molecule has 4 atom stereocenters. The molecule has 0 spiro atoms. The lowest BCUT2D eigenvalue weighted by Crippen LogP contribution is -2.47. The number of aryl methyl sites for hydroxylation is 2. The van der Waals surface area contributed by atoms with Crippen LogP contribution in [0.5, 0.6) is 0 Å². The van der Waals surface area contributed by atoms with Crippen LogP contribution in [0.1, 0.15) is 69.1 Å². The molecule has 4 unspecified atom stereocenters. The molecule has 0 radical (unpaired) electrons. The summed E-state index contributed by atoms with van der Waals surface area (Å²) in [4.78, 5) is 24.5. The maximum atomic E-state index is 14.0. The molecule has 41 heavy (non-hydrogen) atoms. The zero-order chi connectivity index (χ0) is 30.2. The fourth-order valence-electron chi connectivity index (χ4n) is 5.83. The maximum Gasteiger partial charge on any atom is 0.421 e. The van der Waals surface area contributed by atoms with E-state index in [9.17, 15) is 36.3 Å². The van der Waals surface area contributed by atoms with Crippen LogP contribution in [0.2, 0.25) is 0 Å². The largest absolute Gasteiger partial charge is 0.421 e. The molecule has 1 aliphatic heterocycles. The van der Waals surface area contributed by atoms with E-state index in [1.807, 2.05) is 6.92 Å². The number of fused-ring (bicyclic) bond motifs is 1. The summed E-state index contributed by atoms with van der Waals surface area (Å²) in [5, 5.41) is 16.3. The van der Waals surface area contributed by atoms with E-state index in [0.717, 1.165) is 22.4 Å². The van der Waals surface area contributed by atoms with E-state index < -0.39 is 34.3 Å². The first-order valence-electron chi connectivity index (χ1n) is 13.8. The summed E-state index contributed by atoms with van der Waals surface area (Å²) < 4.78 is 70.4. The highest BCUT2D eigenvalue weighted by molar-refractivity contribution is 7.92. The van der Waals surface area contributed by atoms with Gasteiger partial charge >= 0.3 is 6.18 Å². The highest BCUT2D eigenvalue weighted by Gasteiger charge is 2.54. The van der Waals surface area contributed by atoms with Gasteiger partial charge in [-0.15, -0.1) is 0 Å². The minimum Gasteiger partial charge on any atom is -0.376 e. The summed E-state index contributed by atoms with van der Waals surface area (Å²) in [6.45, 7) is 4.49. The number of rotatable bonds is 8. The van der Waals surface area contributed by atoms with Gasteiger partial charge in [-0.1, -0.05) is 36.8 Å². The van der Waals surface area contributed by atoms with Crippen LogP contribution in [0.15, 0.2) is 47.4 Å². The van der Waals surface area contributed by atoms with Crippen molar-refractivity contribution in [1.29, 1.82) is 0 Å². The second-order valence-corrected chi connectivity index (χ2v) is 12.9. The molecule has 2 aliphatic rings. The van der Waals surface area contributed by atoms with E-state index in [2.05, 4.69) is 10.6 Å². The smallest absolute Gasteiger partial charge is 0.376 e. The molecule has 0 aromatic heterocycles. The van der Waals surface area contributed by atoms with Crippen LogP contribution in [0.25, 0.3) is 0 Å². The number of amides is 2. The first kappa shape index (κ1) is 30.8. The molecule has 0 saturated heterocycles. The third kappa shape index (κ3) is 6.38. The average molecular weight is 596 g/mol. The highest BCUT2D eigenvalue weighted by Crippen LogP contribution is 2.44. The number of carbonyl (C=O) groups excluding carboxylic acids is 2. The molecule has 4 rings (SSSR count). The predicted molar refractivity (Wildman–Crippen MR) is 148 cm³/mol. The Morgan fingerprint density at radius 3 is 2.24 bits per heavy atom. The Bertz CT molecular complexity index is 1400. The van der Waals surface area contributed by atoms with Crippen molar-refractivity contribution in [3.8, 4) is 0 Å². The zero-order valence-electron chi connectivity index (χ0n) is 23.3. The maximum absolute atomic E-state index is 14.0. The number of carbonyl (C=O) groups is 2. The first-order valence-corrected chi connectivity index (χ1v) is 15.2. The molecular formula is C29H36F3N3O5S. The topological polar surface area (TPSA) is 116 Å². The van der Waals surface area contributed by atoms with E-state index in [1.54, 1.807) is 12.1 Å². The summed E-state index contributed by atoms with van der Waals surface area (Å²) in [6.07, 6.45) is -3.26. The number of nitrogens with one attached hydrogen (secondary N) is 2. The van der Waals surface area contributed by atoms with Gasteiger partial charge in [0.1, 0.15) is 0 Å². The number of benzene rings is 2. The van der Waals surface area contributed by atoms with Crippen LogP contribution in [0.4, 0.5) is 18.9 Å². The van der Waals surface area contributed by atoms with Gasteiger partial charge in [-0.05, 0) is 74.8 Å². The van der Waals surface area contributed by atoms with Crippen LogP contribution < -0.4 is 14.9 Å². The molecule has 1 saturated carbocycles. The molecule has 3 N–H and O–H groups in total. The van der Waals surface area contributed by atoms with E-state index in [0.29, 0.717) is 18.4 Å². The quantitative estimate of drug-likeness (QED) is 0.423. The number of hydrogen-bond donors (Lipinski definition) is 3. The Morgan fingerprint density at radius 2 is 1.66 bits per heavy atom. The number of nitrogens with zero attached hydrogens (tertiary/aromatic N) is 1. The van der Waals surface area contributed by atoms with Gasteiger partial charge in [-0.3, -0.25) is 13.9 Å². The molecule has 2 amide bonds. The van der Waals surface area contributed by atoms with Gasteiger partial charge in [-0.25, -0.2) is 8.42 Å². The SMILES string of the molecule is CCC(O)(c1ccc2c(c1)CCC(CC(=O)NC1CCC(NC(C)=O)C1)N2S(=O)(=O)c1ccc(C)cc1)C(F)(F)F. The Kier molecular flexibility index (Phi) is 8.75. The average Bonchev–Trinajstić information content (AvgIpc) is 3.32. The monoisotopic (exact) mass is 595 g/mol. The van der Waals surface area contributed by atoms with E-state index in [-0.39, 0.29) is 59.3 Å². The van der Waals surface area contributed by atoms with Crippen molar-refractivity contribution in [3.63, 3.8) is 0 Å². The van der Waals surface area contributed by atoms with E-state index in [4.69, 9.17) is 0 Å². The summed E-state index contributed by atoms with van der Waals surface area (Å²) in [6, 6.07) is 8.88. The lowest BCUT2D eigenvalue weighted by Gasteiger charge is -2.39. The lowest BCUT2D eigenvalue weighted by atomic mass is 9.86. The van der Waals surface area contributed by atoms with Crippen molar-refractivity contribution in [1.82, 2.24) is 10.6 Å². The molecule has 12 heteroatoms. The molecule has 8 nitrogen and oxygen atoms in total. The van der Waals surface area contributed by atoms with Gasteiger partial charge in [0.2, 0.25) is 11.8 Å². The summed E-state index contributed by atoms with van der Waals surface area (Å²) >= 11 is 0. The summed E-state index contributed by atoms with van der Waals surface area (Å²) in [5.41, 5.74) is -2.05. The van der Waals surface area contributed by atoms with Crippen molar-refractivity contribution >= 4 is 27.5 Å². The molecule has 0 bridgehead atoms. The Balaban J connectivity index is 1.66. The van der Waals surface area contributed by atoms with E-state index in [1.165, 1.54) is 38.1 Å². The fraction of sp³-hybridized carbons (Fsp3) is 0.517. The minimum atomic E-state index is -4.92. The van der Waals surface area contributed by atoms with Crippen LogP contribution in [0.3, 0.4) is 0 Å². The van der Waals surface area contributed by atoms with Gasteiger partial charge < -0.3 is 15.7 Å². The van der Waals surface area contributed by atoms with Crippen LogP contribution in [-0.2, 0) is 31.6 Å². The highest BCUT2D eigenvalue weighted by atomic mass is 32.2. The molecular weight excluding hydrogens is 559 g/mol. The van der Waals surface area contributed by atoms with Gasteiger partial charge in [0.25, 0.3) is 10.0 Å². The van der Waals surface area contributed by atoms with Crippen LogP contribution >= 0.6 is 0 Å². The standard InChI is InChI=1S/C29H36F3N3O5S/c1-4-28(38,29(30,31)32)21-8-14-26-20(15-21)7-11-24(35(26)41(39,40)25-12-5-18(2)6-13-25)17-27(37)34-23-10-9-22(16-23)33-19(3)36/h5-6,8,12-15,22-24,38H,4,7,9-11,16-17H2,1-3H3,(H,33,36)(H,34,37). The zero-order valence-corrected chi connectivity index (χ0v) is 24.1. The second-order valence-electron chi connectivity index (χ2n) is 11.0. The summed E-state index contributed by atoms with van der Waals surface area (Å²) in [7, 11) is -4.20. The molecule has 224 valence electrons. The third-order valence-corrected chi connectivity index (χ3v) is 9.94. The van der Waals surface area contributed by atoms with Crippen molar-refractivity contribution in [3.05, 3.63) is 59.2 Å². The van der Waals surface area contributed by atoms with Gasteiger partial charge in [0.15, 0.2) is 5.60 Å².